The van der Waals surface area contributed by atoms with E-state index < -0.39 is 0 Å². The van der Waals surface area contributed by atoms with E-state index in [1.807, 2.05) is 38.1 Å². The number of hydrogen-bond donors (Lipinski definition) is 0. The SMILES string of the molecule is CCC(Br)C(=O)c1cccc(C)c1. The lowest BCUT2D eigenvalue weighted by Gasteiger charge is -2.05. The van der Waals surface area contributed by atoms with Gasteiger partial charge in [-0.1, -0.05) is 46.6 Å². The number of benzene rings is 1. The monoisotopic (exact) mass is 240 g/mol. The molecule has 0 saturated carbocycles. The van der Waals surface area contributed by atoms with Gasteiger partial charge in [-0.25, -0.2) is 0 Å². The van der Waals surface area contributed by atoms with Crippen LogP contribution in [-0.4, -0.2) is 10.6 Å². The molecule has 13 heavy (non-hydrogen) atoms. The lowest BCUT2D eigenvalue weighted by Crippen LogP contribution is -2.12. The average molecular weight is 241 g/mol. The van der Waals surface area contributed by atoms with Crippen molar-refractivity contribution < 1.29 is 4.79 Å². The summed E-state index contributed by atoms with van der Waals surface area (Å²) in [5.41, 5.74) is 1.92. The van der Waals surface area contributed by atoms with E-state index in [0.29, 0.717) is 0 Å². The van der Waals surface area contributed by atoms with Crippen LogP contribution in [0.5, 0.6) is 0 Å². The van der Waals surface area contributed by atoms with Crippen LogP contribution in [0.15, 0.2) is 24.3 Å². The Morgan fingerprint density at radius 1 is 1.54 bits per heavy atom. The number of hydrogen-bond acceptors (Lipinski definition) is 1. The molecule has 1 atom stereocenters. The van der Waals surface area contributed by atoms with E-state index >= 15 is 0 Å². The van der Waals surface area contributed by atoms with E-state index in [1.165, 1.54) is 0 Å². The third kappa shape index (κ3) is 2.66. The van der Waals surface area contributed by atoms with Crippen LogP contribution in [-0.2, 0) is 0 Å². The second kappa shape index (κ2) is 4.56. The highest BCUT2D eigenvalue weighted by Gasteiger charge is 2.14. The maximum Gasteiger partial charge on any atom is 0.176 e. The van der Waals surface area contributed by atoms with Crippen molar-refractivity contribution in [2.24, 2.45) is 0 Å². The third-order valence-corrected chi connectivity index (χ3v) is 3.01. The van der Waals surface area contributed by atoms with Gasteiger partial charge in [0.05, 0.1) is 4.83 Å². The van der Waals surface area contributed by atoms with Crippen molar-refractivity contribution in [3.8, 4) is 0 Å². The Balaban J connectivity index is 2.89. The molecule has 0 fully saturated rings. The summed E-state index contributed by atoms with van der Waals surface area (Å²) in [6.45, 7) is 3.99. The van der Waals surface area contributed by atoms with Crippen molar-refractivity contribution in [3.05, 3.63) is 35.4 Å². The van der Waals surface area contributed by atoms with Gasteiger partial charge >= 0.3 is 0 Å². The molecule has 0 heterocycles. The fourth-order valence-electron chi connectivity index (χ4n) is 1.16. The van der Waals surface area contributed by atoms with Gasteiger partial charge in [0, 0.05) is 5.56 Å². The average Bonchev–Trinajstić information content (AvgIpc) is 2.15. The first-order valence-corrected chi connectivity index (χ1v) is 5.31. The molecule has 1 rings (SSSR count). The largest absolute Gasteiger partial charge is 0.293 e. The molecule has 0 aliphatic heterocycles. The number of halogens is 1. The Morgan fingerprint density at radius 3 is 2.77 bits per heavy atom. The Morgan fingerprint density at radius 2 is 2.23 bits per heavy atom. The van der Waals surface area contributed by atoms with Gasteiger partial charge in [0.1, 0.15) is 0 Å². The summed E-state index contributed by atoms with van der Waals surface area (Å²) in [6.07, 6.45) is 0.826. The van der Waals surface area contributed by atoms with E-state index in [4.69, 9.17) is 0 Å². The first-order valence-electron chi connectivity index (χ1n) is 4.40. The van der Waals surface area contributed by atoms with E-state index in [-0.39, 0.29) is 10.6 Å². The highest BCUT2D eigenvalue weighted by Crippen LogP contribution is 2.14. The van der Waals surface area contributed by atoms with Crippen molar-refractivity contribution >= 4 is 21.7 Å². The van der Waals surface area contributed by atoms with Crippen LogP contribution in [0, 0.1) is 6.92 Å². The number of ketones is 1. The van der Waals surface area contributed by atoms with Crippen LogP contribution in [0.3, 0.4) is 0 Å². The molecule has 0 spiro atoms. The van der Waals surface area contributed by atoms with Crippen LogP contribution >= 0.6 is 15.9 Å². The summed E-state index contributed by atoms with van der Waals surface area (Å²) in [7, 11) is 0. The van der Waals surface area contributed by atoms with Crippen molar-refractivity contribution in [1.29, 1.82) is 0 Å². The summed E-state index contributed by atoms with van der Waals surface area (Å²) in [5, 5.41) is 0. The normalized spacial score (nSPS) is 12.5. The van der Waals surface area contributed by atoms with Gasteiger partial charge in [0.2, 0.25) is 0 Å². The fourth-order valence-corrected chi connectivity index (χ4v) is 1.43. The maximum absolute atomic E-state index is 11.7. The lowest BCUT2D eigenvalue weighted by atomic mass is 10.1. The van der Waals surface area contributed by atoms with Crippen molar-refractivity contribution in [3.63, 3.8) is 0 Å². The van der Waals surface area contributed by atoms with Crippen LogP contribution in [0.25, 0.3) is 0 Å². The smallest absolute Gasteiger partial charge is 0.176 e. The number of Topliss-reactive ketones (excluding diaryl/α,β-unsaturated/α-hetero) is 1. The molecule has 0 aromatic heterocycles. The molecule has 1 aromatic rings. The zero-order valence-corrected chi connectivity index (χ0v) is 9.47. The molecule has 70 valence electrons. The van der Waals surface area contributed by atoms with E-state index in [1.54, 1.807) is 0 Å². The highest BCUT2D eigenvalue weighted by molar-refractivity contribution is 9.10. The van der Waals surface area contributed by atoms with Gasteiger partial charge in [0.25, 0.3) is 0 Å². The van der Waals surface area contributed by atoms with E-state index in [2.05, 4.69) is 15.9 Å². The molecule has 0 aliphatic rings. The van der Waals surface area contributed by atoms with Gasteiger partial charge in [-0.15, -0.1) is 0 Å². The Kier molecular flexibility index (Phi) is 3.67. The van der Waals surface area contributed by atoms with Gasteiger partial charge < -0.3 is 0 Å². The number of carbonyl (C=O) groups is 1. The molecular weight excluding hydrogens is 228 g/mol. The second-order valence-electron chi connectivity index (χ2n) is 3.11. The standard InChI is InChI=1S/C11H13BrO/c1-3-10(12)11(13)9-6-4-5-8(2)7-9/h4-7,10H,3H2,1-2H3. The molecule has 2 heteroatoms. The van der Waals surface area contributed by atoms with Crippen LogP contribution in [0.1, 0.15) is 29.3 Å². The molecule has 0 N–H and O–H groups in total. The number of aryl methyl sites for hydroxylation is 1. The van der Waals surface area contributed by atoms with Crippen LogP contribution < -0.4 is 0 Å². The van der Waals surface area contributed by atoms with Crippen molar-refractivity contribution in [2.75, 3.05) is 0 Å². The van der Waals surface area contributed by atoms with E-state index in [0.717, 1.165) is 17.5 Å². The molecule has 0 bridgehead atoms. The summed E-state index contributed by atoms with van der Waals surface area (Å²) in [6, 6.07) is 7.69. The van der Waals surface area contributed by atoms with Gasteiger partial charge in [-0.05, 0) is 19.4 Å². The van der Waals surface area contributed by atoms with Crippen molar-refractivity contribution in [2.45, 2.75) is 25.1 Å². The summed E-state index contributed by atoms with van der Waals surface area (Å²) in [4.78, 5) is 11.6. The van der Waals surface area contributed by atoms with E-state index in [9.17, 15) is 4.79 Å². The second-order valence-corrected chi connectivity index (χ2v) is 4.21. The van der Waals surface area contributed by atoms with Gasteiger partial charge in [-0.3, -0.25) is 4.79 Å². The highest BCUT2D eigenvalue weighted by atomic mass is 79.9. The number of carbonyl (C=O) groups excluding carboxylic acids is 1. The van der Waals surface area contributed by atoms with Crippen molar-refractivity contribution in [1.82, 2.24) is 0 Å². The van der Waals surface area contributed by atoms with Crippen LogP contribution in [0.2, 0.25) is 0 Å². The Hall–Kier alpha value is -0.630. The summed E-state index contributed by atoms with van der Waals surface area (Å²) >= 11 is 3.35. The Bertz CT molecular complexity index is 307. The summed E-state index contributed by atoms with van der Waals surface area (Å²) < 4.78 is 0. The molecule has 0 amide bonds. The number of rotatable bonds is 3. The third-order valence-electron chi connectivity index (χ3n) is 1.95. The number of alkyl halides is 1. The minimum absolute atomic E-state index is 0.0469. The quantitative estimate of drug-likeness (QED) is 0.585. The molecule has 0 aliphatic carbocycles. The predicted molar refractivity (Wildman–Crippen MR) is 58.5 cm³/mol. The summed E-state index contributed by atoms with van der Waals surface area (Å²) in [5.74, 6) is 0.172. The minimum Gasteiger partial charge on any atom is -0.293 e. The lowest BCUT2D eigenvalue weighted by molar-refractivity contribution is 0.0990. The zero-order chi connectivity index (χ0) is 9.84. The first kappa shape index (κ1) is 10.5. The molecular formula is C11H13BrO. The minimum atomic E-state index is -0.0469. The zero-order valence-electron chi connectivity index (χ0n) is 7.88. The molecule has 0 saturated heterocycles. The predicted octanol–water partition coefficient (Wildman–Crippen LogP) is 3.35. The van der Waals surface area contributed by atoms with Gasteiger partial charge in [-0.2, -0.15) is 0 Å². The first-order chi connectivity index (χ1) is 6.15. The molecule has 1 aromatic carbocycles. The molecule has 1 nitrogen and oxygen atoms in total. The van der Waals surface area contributed by atoms with Gasteiger partial charge in [0.15, 0.2) is 5.78 Å². The maximum atomic E-state index is 11.7. The fraction of sp³-hybridized carbons (Fsp3) is 0.364. The van der Waals surface area contributed by atoms with Crippen LogP contribution in [0.4, 0.5) is 0 Å². The topological polar surface area (TPSA) is 17.1 Å². The molecule has 1 unspecified atom stereocenters. The molecule has 0 radical (unpaired) electrons. The Labute approximate surface area is 87.3 Å².